The highest BCUT2D eigenvalue weighted by Gasteiger charge is 2.57. The van der Waals surface area contributed by atoms with Crippen molar-refractivity contribution in [2.45, 2.75) is 52.1 Å². The Labute approximate surface area is 127 Å². The van der Waals surface area contributed by atoms with Crippen molar-refractivity contribution < 1.29 is 14.3 Å². The Balaban J connectivity index is 1.41. The third-order valence-corrected chi connectivity index (χ3v) is 5.47. The summed E-state index contributed by atoms with van der Waals surface area (Å²) in [6, 6.07) is 0. The molecule has 0 amide bonds. The Morgan fingerprint density at radius 1 is 1.43 bits per heavy atom. The summed E-state index contributed by atoms with van der Waals surface area (Å²) in [4.78, 5) is 11.3. The summed E-state index contributed by atoms with van der Waals surface area (Å²) in [6.07, 6.45) is 8.72. The predicted molar refractivity (Wildman–Crippen MR) is 81.8 cm³/mol. The van der Waals surface area contributed by atoms with Crippen molar-refractivity contribution in [2.75, 3.05) is 13.2 Å². The fourth-order valence-corrected chi connectivity index (χ4v) is 4.60. The Morgan fingerprint density at radius 3 is 3.00 bits per heavy atom. The van der Waals surface area contributed by atoms with Gasteiger partial charge in [-0.2, -0.15) is 0 Å². The average Bonchev–Trinajstić information content (AvgIpc) is 3.08. The van der Waals surface area contributed by atoms with Gasteiger partial charge < -0.3 is 9.47 Å². The lowest BCUT2D eigenvalue weighted by molar-refractivity contribution is -0.139. The molecule has 3 aliphatic carbocycles. The monoisotopic (exact) mass is 290 g/mol. The minimum absolute atomic E-state index is 0.303. The van der Waals surface area contributed by atoms with Crippen LogP contribution in [0.2, 0.25) is 0 Å². The molecule has 0 saturated heterocycles. The predicted octanol–water partition coefficient (Wildman–Crippen LogP) is 3.65. The molecule has 21 heavy (non-hydrogen) atoms. The third kappa shape index (κ3) is 2.68. The van der Waals surface area contributed by atoms with Crippen molar-refractivity contribution >= 4 is 5.97 Å². The van der Waals surface area contributed by atoms with E-state index in [1.807, 2.05) is 0 Å². The molecule has 2 saturated carbocycles. The van der Waals surface area contributed by atoms with Gasteiger partial charge in [-0.15, -0.1) is 0 Å². The lowest BCUT2D eigenvalue weighted by Gasteiger charge is -2.33. The molecule has 2 fully saturated rings. The maximum atomic E-state index is 11.3. The van der Waals surface area contributed by atoms with Crippen LogP contribution in [0.15, 0.2) is 23.8 Å². The number of hydrogen-bond donors (Lipinski definition) is 0. The molecule has 3 aliphatic rings. The molecule has 0 aromatic heterocycles. The van der Waals surface area contributed by atoms with Crippen LogP contribution in [0.1, 0.15) is 46.0 Å². The van der Waals surface area contributed by atoms with Gasteiger partial charge in [0.05, 0.1) is 19.3 Å². The van der Waals surface area contributed by atoms with E-state index in [-0.39, 0.29) is 5.97 Å². The van der Waals surface area contributed by atoms with Crippen LogP contribution >= 0.6 is 0 Å². The van der Waals surface area contributed by atoms with Gasteiger partial charge in [0.2, 0.25) is 0 Å². The molecule has 4 atom stereocenters. The van der Waals surface area contributed by atoms with Crippen molar-refractivity contribution in [1.82, 2.24) is 0 Å². The highest BCUT2D eigenvalue weighted by atomic mass is 16.5. The SMILES string of the molecule is C=C(C)C(=O)OCCCOC1CC2(C)CC1C1CCC=C12. The molecular formula is C18H26O3. The number of rotatable bonds is 6. The van der Waals surface area contributed by atoms with Gasteiger partial charge in [0, 0.05) is 12.0 Å². The summed E-state index contributed by atoms with van der Waals surface area (Å²) < 4.78 is 11.2. The summed E-state index contributed by atoms with van der Waals surface area (Å²) in [5.74, 6) is 1.21. The zero-order chi connectivity index (χ0) is 15.0. The molecule has 0 N–H and O–H groups in total. The molecule has 0 spiro atoms. The maximum Gasteiger partial charge on any atom is 0.333 e. The van der Waals surface area contributed by atoms with E-state index in [2.05, 4.69) is 19.6 Å². The Kier molecular flexibility index (Phi) is 3.96. The Hall–Kier alpha value is -1.09. The first-order valence-electron chi connectivity index (χ1n) is 8.16. The highest BCUT2D eigenvalue weighted by Crippen LogP contribution is 2.63. The van der Waals surface area contributed by atoms with E-state index in [9.17, 15) is 4.79 Å². The van der Waals surface area contributed by atoms with Crippen LogP contribution in [0.3, 0.4) is 0 Å². The fourth-order valence-electron chi connectivity index (χ4n) is 4.60. The molecule has 0 aliphatic heterocycles. The minimum Gasteiger partial charge on any atom is -0.462 e. The molecule has 3 rings (SSSR count). The summed E-state index contributed by atoms with van der Waals surface area (Å²) in [5.41, 5.74) is 2.59. The summed E-state index contributed by atoms with van der Waals surface area (Å²) >= 11 is 0. The van der Waals surface area contributed by atoms with E-state index in [4.69, 9.17) is 9.47 Å². The quantitative estimate of drug-likeness (QED) is 0.324. The van der Waals surface area contributed by atoms with Gasteiger partial charge in [0.15, 0.2) is 0 Å². The highest BCUT2D eigenvalue weighted by molar-refractivity contribution is 5.86. The summed E-state index contributed by atoms with van der Waals surface area (Å²) in [6.45, 7) is 8.76. The second-order valence-corrected chi connectivity index (χ2v) is 7.16. The van der Waals surface area contributed by atoms with Gasteiger partial charge in [0.1, 0.15) is 0 Å². The van der Waals surface area contributed by atoms with Crippen molar-refractivity contribution in [3.63, 3.8) is 0 Å². The van der Waals surface area contributed by atoms with Crippen LogP contribution < -0.4 is 0 Å². The number of allylic oxidation sites excluding steroid dienone is 2. The van der Waals surface area contributed by atoms with Crippen LogP contribution in [0, 0.1) is 17.3 Å². The molecule has 0 radical (unpaired) electrons. The van der Waals surface area contributed by atoms with Crippen molar-refractivity contribution in [3.8, 4) is 0 Å². The van der Waals surface area contributed by atoms with Crippen LogP contribution in [-0.4, -0.2) is 25.3 Å². The van der Waals surface area contributed by atoms with E-state index in [0.717, 1.165) is 18.3 Å². The van der Waals surface area contributed by atoms with Crippen molar-refractivity contribution in [3.05, 3.63) is 23.8 Å². The van der Waals surface area contributed by atoms with E-state index in [1.54, 1.807) is 12.5 Å². The van der Waals surface area contributed by atoms with Gasteiger partial charge in [-0.3, -0.25) is 0 Å². The molecule has 3 nitrogen and oxygen atoms in total. The Morgan fingerprint density at radius 2 is 2.24 bits per heavy atom. The van der Waals surface area contributed by atoms with E-state index >= 15 is 0 Å². The van der Waals surface area contributed by atoms with Crippen LogP contribution in [0.25, 0.3) is 0 Å². The summed E-state index contributed by atoms with van der Waals surface area (Å²) in [5, 5.41) is 0. The van der Waals surface area contributed by atoms with Crippen molar-refractivity contribution in [1.29, 1.82) is 0 Å². The molecule has 0 aromatic carbocycles. The lowest BCUT2D eigenvalue weighted by Crippen LogP contribution is -2.30. The zero-order valence-electron chi connectivity index (χ0n) is 13.2. The topological polar surface area (TPSA) is 35.5 Å². The fraction of sp³-hybridized carbons (Fsp3) is 0.722. The molecule has 2 bridgehead atoms. The second kappa shape index (κ2) is 5.60. The van der Waals surface area contributed by atoms with E-state index in [1.165, 1.54) is 25.7 Å². The van der Waals surface area contributed by atoms with Gasteiger partial charge in [-0.05, 0) is 49.9 Å². The largest absolute Gasteiger partial charge is 0.462 e. The normalized spacial score (nSPS) is 36.5. The third-order valence-electron chi connectivity index (χ3n) is 5.47. The van der Waals surface area contributed by atoms with E-state index < -0.39 is 0 Å². The van der Waals surface area contributed by atoms with E-state index in [0.29, 0.717) is 30.3 Å². The van der Waals surface area contributed by atoms with Gasteiger partial charge in [-0.25, -0.2) is 4.79 Å². The first-order valence-corrected chi connectivity index (χ1v) is 8.16. The molecule has 4 unspecified atom stereocenters. The smallest absolute Gasteiger partial charge is 0.333 e. The van der Waals surface area contributed by atoms with Crippen LogP contribution in [-0.2, 0) is 14.3 Å². The first-order chi connectivity index (χ1) is 10.0. The first kappa shape index (κ1) is 14.8. The number of carbonyl (C=O) groups excluding carboxylic acids is 1. The summed E-state index contributed by atoms with van der Waals surface area (Å²) in [7, 11) is 0. The average molecular weight is 290 g/mol. The molecule has 0 aromatic rings. The van der Waals surface area contributed by atoms with Gasteiger partial charge in [0.25, 0.3) is 0 Å². The lowest BCUT2D eigenvalue weighted by atomic mass is 9.77. The minimum atomic E-state index is -0.303. The Bertz CT molecular complexity index is 479. The molecular weight excluding hydrogens is 264 g/mol. The number of hydrogen-bond acceptors (Lipinski definition) is 3. The van der Waals surface area contributed by atoms with Crippen LogP contribution in [0.4, 0.5) is 0 Å². The number of carbonyl (C=O) groups is 1. The molecule has 0 heterocycles. The number of ether oxygens (including phenoxy) is 2. The zero-order valence-corrected chi connectivity index (χ0v) is 13.2. The maximum absolute atomic E-state index is 11.3. The van der Waals surface area contributed by atoms with Gasteiger partial charge in [-0.1, -0.05) is 25.2 Å². The molecule has 116 valence electrons. The standard InChI is InChI=1S/C18H26O3/c1-12(2)17(19)21-9-5-8-20-16-11-18(3)10-14(16)13-6-4-7-15(13)18/h7,13-14,16H,1,4-6,8-11H2,2-3H3. The van der Waals surface area contributed by atoms with Gasteiger partial charge >= 0.3 is 5.97 Å². The van der Waals surface area contributed by atoms with Crippen LogP contribution in [0.5, 0.6) is 0 Å². The number of esters is 1. The second-order valence-electron chi connectivity index (χ2n) is 7.16. The molecule has 3 heteroatoms. The number of fused-ring (bicyclic) bond motifs is 5. The van der Waals surface area contributed by atoms with Crippen molar-refractivity contribution in [2.24, 2.45) is 17.3 Å².